The monoisotopic (exact) mass is 287 g/mol. The van der Waals surface area contributed by atoms with Gasteiger partial charge in [-0.1, -0.05) is 6.07 Å². The summed E-state index contributed by atoms with van der Waals surface area (Å²) in [4.78, 5) is 7.94. The van der Waals surface area contributed by atoms with Gasteiger partial charge in [-0.2, -0.15) is 4.98 Å². The number of nitrogen functional groups attached to an aromatic ring is 1. The molecule has 5 heteroatoms. The van der Waals surface area contributed by atoms with Gasteiger partial charge >= 0.3 is 0 Å². The molecule has 0 saturated carbocycles. The zero-order valence-corrected chi connectivity index (χ0v) is 12.4. The molecule has 3 rings (SSSR count). The van der Waals surface area contributed by atoms with Gasteiger partial charge in [-0.15, -0.1) is 11.3 Å². The molecule has 3 aromatic rings. The quantitative estimate of drug-likeness (QED) is 0.746. The van der Waals surface area contributed by atoms with Crippen molar-refractivity contribution in [3.8, 4) is 0 Å². The van der Waals surface area contributed by atoms with Crippen molar-refractivity contribution < 1.29 is 4.42 Å². The number of rotatable bonds is 4. The maximum atomic E-state index is 5.79. The van der Waals surface area contributed by atoms with E-state index >= 15 is 0 Å². The Balaban J connectivity index is 1.82. The number of hydrogen-bond acceptors (Lipinski definition) is 5. The minimum Gasteiger partial charge on any atom is -0.423 e. The molecule has 0 spiro atoms. The number of likely N-dealkylation sites (N-methyl/N-ethyl adjacent to an activating group) is 1. The molecule has 0 aliphatic rings. The van der Waals surface area contributed by atoms with E-state index in [1.807, 2.05) is 25.2 Å². The molecule has 0 aliphatic heterocycles. The van der Waals surface area contributed by atoms with Crippen LogP contribution in [0.1, 0.15) is 11.8 Å². The van der Waals surface area contributed by atoms with Gasteiger partial charge in [0.1, 0.15) is 5.52 Å². The Morgan fingerprint density at radius 2 is 2.25 bits per heavy atom. The Morgan fingerprint density at radius 3 is 3.00 bits per heavy atom. The van der Waals surface area contributed by atoms with Crippen molar-refractivity contribution in [1.82, 2.24) is 4.98 Å². The molecule has 1 aromatic carbocycles. The minimum atomic E-state index is 0.319. The average molecular weight is 287 g/mol. The second-order valence-corrected chi connectivity index (χ2v) is 6.00. The van der Waals surface area contributed by atoms with Crippen molar-refractivity contribution >= 4 is 34.1 Å². The van der Waals surface area contributed by atoms with Gasteiger partial charge in [0.15, 0.2) is 5.58 Å². The number of oxazole rings is 1. The van der Waals surface area contributed by atoms with Crippen LogP contribution in [0.25, 0.3) is 11.1 Å². The largest absolute Gasteiger partial charge is 0.423 e. The third-order valence-electron chi connectivity index (χ3n) is 3.44. The van der Waals surface area contributed by atoms with Crippen LogP contribution in [0.15, 0.2) is 40.1 Å². The summed E-state index contributed by atoms with van der Waals surface area (Å²) < 4.78 is 5.79. The van der Waals surface area contributed by atoms with Crippen LogP contribution in [0.3, 0.4) is 0 Å². The van der Waals surface area contributed by atoms with E-state index in [-0.39, 0.29) is 0 Å². The highest BCUT2D eigenvalue weighted by atomic mass is 32.1. The summed E-state index contributed by atoms with van der Waals surface area (Å²) in [5.41, 5.74) is 8.02. The zero-order chi connectivity index (χ0) is 14.1. The molecule has 2 heterocycles. The van der Waals surface area contributed by atoms with Crippen LogP contribution in [0.4, 0.5) is 11.7 Å². The lowest BCUT2D eigenvalue weighted by Crippen LogP contribution is -2.30. The molecule has 0 radical (unpaired) electrons. The highest BCUT2D eigenvalue weighted by Gasteiger charge is 2.16. The van der Waals surface area contributed by atoms with E-state index < -0.39 is 0 Å². The lowest BCUT2D eigenvalue weighted by atomic mass is 10.2. The first kappa shape index (κ1) is 13.0. The smallest absolute Gasteiger partial charge is 0.298 e. The van der Waals surface area contributed by atoms with Crippen molar-refractivity contribution in [1.29, 1.82) is 0 Å². The highest BCUT2D eigenvalue weighted by molar-refractivity contribution is 7.09. The van der Waals surface area contributed by atoms with E-state index in [2.05, 4.69) is 34.3 Å². The van der Waals surface area contributed by atoms with Gasteiger partial charge in [0.25, 0.3) is 6.01 Å². The van der Waals surface area contributed by atoms with E-state index in [0.717, 1.165) is 17.5 Å². The van der Waals surface area contributed by atoms with Gasteiger partial charge < -0.3 is 15.1 Å². The van der Waals surface area contributed by atoms with Gasteiger partial charge in [-0.25, -0.2) is 0 Å². The first-order chi connectivity index (χ1) is 9.63. The van der Waals surface area contributed by atoms with Crippen LogP contribution in [0, 0.1) is 0 Å². The SMILES string of the molecule is CC(Cc1cccs1)N(C)c1nc2ccc(N)cc2o1. The van der Waals surface area contributed by atoms with Crippen molar-refractivity contribution in [2.75, 3.05) is 17.7 Å². The van der Waals surface area contributed by atoms with Crippen molar-refractivity contribution in [3.63, 3.8) is 0 Å². The lowest BCUT2D eigenvalue weighted by molar-refractivity contribution is 0.548. The molecule has 4 nitrogen and oxygen atoms in total. The minimum absolute atomic E-state index is 0.319. The van der Waals surface area contributed by atoms with Crippen LogP contribution in [0.2, 0.25) is 0 Å². The fourth-order valence-electron chi connectivity index (χ4n) is 2.13. The van der Waals surface area contributed by atoms with E-state index in [4.69, 9.17) is 10.2 Å². The molecule has 1 unspecified atom stereocenters. The standard InChI is InChI=1S/C15H17N3OS/c1-10(8-12-4-3-7-20-12)18(2)15-17-13-6-5-11(16)9-14(13)19-15/h3-7,9-10H,8,16H2,1-2H3. The summed E-state index contributed by atoms with van der Waals surface area (Å²) in [7, 11) is 2.01. The third-order valence-corrected chi connectivity index (χ3v) is 4.34. The number of thiophene rings is 1. The molecule has 0 fully saturated rings. The first-order valence-corrected chi connectivity index (χ1v) is 7.43. The molecule has 0 aliphatic carbocycles. The van der Waals surface area contributed by atoms with Gasteiger partial charge in [-0.05, 0) is 30.5 Å². The van der Waals surface area contributed by atoms with E-state index in [9.17, 15) is 0 Å². The number of hydrogen-bond donors (Lipinski definition) is 1. The summed E-state index contributed by atoms with van der Waals surface area (Å²) in [6.07, 6.45) is 0.981. The van der Waals surface area contributed by atoms with Crippen LogP contribution in [0.5, 0.6) is 0 Å². The Hall–Kier alpha value is -2.01. The Bertz CT molecular complexity index is 705. The average Bonchev–Trinajstić information content (AvgIpc) is 3.06. The molecular formula is C15H17N3OS. The van der Waals surface area contributed by atoms with Gasteiger partial charge in [0.2, 0.25) is 0 Å². The summed E-state index contributed by atoms with van der Waals surface area (Å²) in [5.74, 6) is 0. The van der Waals surface area contributed by atoms with Crippen molar-refractivity contribution in [2.24, 2.45) is 0 Å². The van der Waals surface area contributed by atoms with Gasteiger partial charge in [0, 0.05) is 36.1 Å². The predicted molar refractivity (Wildman–Crippen MR) is 84.3 cm³/mol. The fraction of sp³-hybridized carbons (Fsp3) is 0.267. The summed E-state index contributed by atoms with van der Waals surface area (Å²) >= 11 is 1.78. The molecule has 0 amide bonds. The Morgan fingerprint density at radius 1 is 1.40 bits per heavy atom. The molecular weight excluding hydrogens is 270 g/mol. The van der Waals surface area contributed by atoms with Gasteiger partial charge in [0.05, 0.1) is 0 Å². The molecule has 20 heavy (non-hydrogen) atoms. The highest BCUT2D eigenvalue weighted by Crippen LogP contribution is 2.25. The van der Waals surface area contributed by atoms with Crippen LogP contribution in [-0.2, 0) is 6.42 Å². The van der Waals surface area contributed by atoms with Gasteiger partial charge in [-0.3, -0.25) is 0 Å². The van der Waals surface area contributed by atoms with E-state index in [1.54, 1.807) is 11.3 Å². The fourth-order valence-corrected chi connectivity index (χ4v) is 2.95. The molecule has 2 aromatic heterocycles. The molecule has 104 valence electrons. The van der Waals surface area contributed by atoms with E-state index in [1.165, 1.54) is 4.88 Å². The van der Waals surface area contributed by atoms with Crippen LogP contribution >= 0.6 is 11.3 Å². The number of benzene rings is 1. The number of nitrogens with two attached hydrogens (primary N) is 1. The Labute approximate surface area is 121 Å². The molecule has 0 saturated heterocycles. The normalized spacial score (nSPS) is 12.7. The third kappa shape index (κ3) is 2.49. The van der Waals surface area contributed by atoms with Crippen molar-refractivity contribution in [2.45, 2.75) is 19.4 Å². The maximum absolute atomic E-state index is 5.79. The number of anilines is 2. The van der Waals surface area contributed by atoms with Crippen LogP contribution < -0.4 is 10.6 Å². The second-order valence-electron chi connectivity index (χ2n) is 4.97. The second kappa shape index (κ2) is 5.17. The van der Waals surface area contributed by atoms with Crippen molar-refractivity contribution in [3.05, 3.63) is 40.6 Å². The maximum Gasteiger partial charge on any atom is 0.298 e. The number of nitrogens with zero attached hydrogens (tertiary/aromatic N) is 2. The summed E-state index contributed by atoms with van der Waals surface area (Å²) in [6, 6.07) is 10.7. The summed E-state index contributed by atoms with van der Waals surface area (Å²) in [6.45, 7) is 2.17. The topological polar surface area (TPSA) is 55.3 Å². The van der Waals surface area contributed by atoms with E-state index in [0.29, 0.717) is 17.7 Å². The van der Waals surface area contributed by atoms with Crippen LogP contribution in [-0.4, -0.2) is 18.1 Å². The Kier molecular flexibility index (Phi) is 3.36. The molecule has 0 bridgehead atoms. The number of fused-ring (bicyclic) bond motifs is 1. The summed E-state index contributed by atoms with van der Waals surface area (Å²) in [5, 5.41) is 2.10. The first-order valence-electron chi connectivity index (χ1n) is 6.55. The zero-order valence-electron chi connectivity index (χ0n) is 11.5. The predicted octanol–water partition coefficient (Wildman–Crippen LogP) is 3.54. The molecule has 2 N–H and O–H groups in total. The molecule has 1 atom stereocenters. The number of aromatic nitrogens is 1. The lowest BCUT2D eigenvalue weighted by Gasteiger charge is -2.22.